The molecule has 2 aromatic carbocycles. The first kappa shape index (κ1) is 17.6. The highest BCUT2D eigenvalue weighted by molar-refractivity contribution is 8.00. The Bertz CT molecular complexity index is 1220. The molecule has 1 aliphatic heterocycles. The van der Waals surface area contributed by atoms with Crippen molar-refractivity contribution in [3.05, 3.63) is 70.2 Å². The highest BCUT2D eigenvalue weighted by atomic mass is 32.2. The zero-order chi connectivity index (χ0) is 18.8. The Kier molecular flexibility index (Phi) is 4.86. The molecule has 3 aromatic rings. The second-order valence-corrected chi connectivity index (χ2v) is 8.02. The van der Waals surface area contributed by atoms with E-state index in [9.17, 15) is 4.79 Å². The molecule has 0 spiro atoms. The molecule has 0 radical (unpaired) electrons. The fourth-order valence-corrected chi connectivity index (χ4v) is 4.21. The Morgan fingerprint density at radius 2 is 1.96 bits per heavy atom. The number of fused-ring (bicyclic) bond motifs is 1. The third-order valence-electron chi connectivity index (χ3n) is 4.02. The van der Waals surface area contributed by atoms with E-state index < -0.39 is 0 Å². The zero-order valence-corrected chi connectivity index (χ0v) is 16.4. The van der Waals surface area contributed by atoms with Crippen molar-refractivity contribution in [1.29, 1.82) is 0 Å². The van der Waals surface area contributed by atoms with E-state index in [0.717, 1.165) is 25.6 Å². The fraction of sp³-hybridized carbons (Fsp3) is 0.0952. The maximum Gasteiger partial charge on any atom is 0.287 e. The smallest absolute Gasteiger partial charge is 0.266 e. The van der Waals surface area contributed by atoms with Crippen LogP contribution in [0.15, 0.2) is 68.4 Å². The lowest BCUT2D eigenvalue weighted by molar-refractivity contribution is -0.114. The normalized spacial score (nSPS) is 12.7. The van der Waals surface area contributed by atoms with Crippen molar-refractivity contribution >= 4 is 46.8 Å². The van der Waals surface area contributed by atoms with Crippen LogP contribution in [0.4, 0.5) is 5.82 Å². The van der Waals surface area contributed by atoms with Crippen molar-refractivity contribution in [2.75, 3.05) is 6.26 Å². The number of carbonyl (C=O) groups excluding carboxylic acids is 1. The third kappa shape index (κ3) is 3.69. The Balaban J connectivity index is 1.83. The van der Waals surface area contributed by atoms with E-state index in [4.69, 9.17) is 0 Å². The van der Waals surface area contributed by atoms with E-state index in [1.807, 2.05) is 61.7 Å². The molecule has 0 saturated heterocycles. The molecular weight excluding hydrogens is 374 g/mol. The van der Waals surface area contributed by atoms with Gasteiger partial charge in [0.1, 0.15) is 5.57 Å². The van der Waals surface area contributed by atoms with Gasteiger partial charge in [0.2, 0.25) is 0 Å². The molecule has 1 aliphatic rings. The van der Waals surface area contributed by atoms with Gasteiger partial charge < -0.3 is 0 Å². The summed E-state index contributed by atoms with van der Waals surface area (Å²) in [5.74, 6) is 3.11. The number of aromatic nitrogens is 1. The molecule has 0 fully saturated rings. The number of aryl methyl sites for hydroxylation is 1. The molecule has 6 heteroatoms. The number of aliphatic imine (C=N–C) groups is 1. The van der Waals surface area contributed by atoms with Crippen LogP contribution in [0, 0.1) is 6.92 Å². The first-order chi connectivity index (χ1) is 13.1. The second-order valence-electron chi connectivity index (χ2n) is 5.96. The van der Waals surface area contributed by atoms with Gasteiger partial charge in [-0.25, -0.2) is 9.98 Å². The first-order valence-corrected chi connectivity index (χ1v) is 10.3. The van der Waals surface area contributed by atoms with Crippen LogP contribution in [0.1, 0.15) is 5.56 Å². The Morgan fingerprint density at radius 3 is 2.74 bits per heavy atom. The van der Waals surface area contributed by atoms with Crippen LogP contribution in [-0.4, -0.2) is 23.0 Å². The summed E-state index contributed by atoms with van der Waals surface area (Å²) in [5.41, 5.74) is 2.50. The number of hydrogen-bond acceptors (Lipinski definition) is 5. The topological polar surface area (TPSA) is 54.7 Å². The van der Waals surface area contributed by atoms with Crippen LogP contribution in [0.2, 0.25) is 0 Å². The van der Waals surface area contributed by atoms with Gasteiger partial charge in [-0.15, -0.1) is 11.3 Å². The minimum Gasteiger partial charge on any atom is -0.266 e. The van der Waals surface area contributed by atoms with Crippen LogP contribution in [0.5, 0.6) is 0 Å². The van der Waals surface area contributed by atoms with Crippen LogP contribution in [0.25, 0.3) is 16.5 Å². The van der Waals surface area contributed by atoms with Crippen LogP contribution in [-0.2, 0) is 4.79 Å². The van der Waals surface area contributed by atoms with Gasteiger partial charge in [-0.05, 0) is 37.0 Å². The molecule has 27 heavy (non-hydrogen) atoms. The zero-order valence-electron chi connectivity index (χ0n) is 14.8. The SMILES string of the molecule is CSc1nc(N=C=C2C=c3cc(C)ccc3=NC2=O)c(-c2ccccc2)s1. The van der Waals surface area contributed by atoms with Gasteiger partial charge in [0, 0.05) is 11.1 Å². The summed E-state index contributed by atoms with van der Waals surface area (Å²) in [4.78, 5) is 26.4. The molecule has 0 aliphatic carbocycles. The quantitative estimate of drug-likeness (QED) is 0.390. The monoisotopic (exact) mass is 389 g/mol. The maximum atomic E-state index is 12.3. The maximum absolute atomic E-state index is 12.3. The predicted molar refractivity (Wildman–Crippen MR) is 111 cm³/mol. The van der Waals surface area contributed by atoms with Gasteiger partial charge in [-0.3, -0.25) is 4.79 Å². The highest BCUT2D eigenvalue weighted by Crippen LogP contribution is 2.38. The molecule has 4 nitrogen and oxygen atoms in total. The summed E-state index contributed by atoms with van der Waals surface area (Å²) in [5, 5.41) is 1.58. The number of thiazole rings is 1. The van der Waals surface area contributed by atoms with Gasteiger partial charge in [-0.1, -0.05) is 53.7 Å². The average Bonchev–Trinajstić information content (AvgIpc) is 3.11. The molecule has 132 valence electrons. The van der Waals surface area contributed by atoms with E-state index >= 15 is 0 Å². The van der Waals surface area contributed by atoms with Crippen LogP contribution < -0.4 is 10.6 Å². The molecule has 0 bridgehead atoms. The first-order valence-electron chi connectivity index (χ1n) is 8.29. The Hall–Kier alpha value is -2.79. The van der Waals surface area contributed by atoms with E-state index in [-0.39, 0.29) is 5.91 Å². The van der Waals surface area contributed by atoms with Gasteiger partial charge >= 0.3 is 0 Å². The lowest BCUT2D eigenvalue weighted by Gasteiger charge is -2.01. The molecule has 2 heterocycles. The Morgan fingerprint density at radius 1 is 1.15 bits per heavy atom. The molecular formula is C21H15N3OS2. The van der Waals surface area contributed by atoms with E-state index in [2.05, 4.69) is 20.8 Å². The summed E-state index contributed by atoms with van der Waals surface area (Å²) >= 11 is 3.15. The van der Waals surface area contributed by atoms with Crippen molar-refractivity contribution < 1.29 is 4.79 Å². The highest BCUT2D eigenvalue weighted by Gasteiger charge is 2.13. The number of rotatable bonds is 3. The summed E-state index contributed by atoms with van der Waals surface area (Å²) in [6.45, 7) is 2.01. The van der Waals surface area contributed by atoms with Crippen molar-refractivity contribution in [2.24, 2.45) is 9.98 Å². The number of amides is 1. The minimum absolute atomic E-state index is 0.336. The molecule has 0 N–H and O–H groups in total. The molecule has 0 atom stereocenters. The predicted octanol–water partition coefficient (Wildman–Crippen LogP) is 3.71. The standard InChI is InChI=1S/C21H15N3OS2/c1-13-8-9-17-15(10-13)11-16(20(25)23-17)12-22-19-18(27-21(24-19)26-2)14-6-4-3-5-7-14/h3-11H,1-2H3. The van der Waals surface area contributed by atoms with Crippen molar-refractivity contribution in [3.8, 4) is 10.4 Å². The number of hydrogen-bond donors (Lipinski definition) is 0. The van der Waals surface area contributed by atoms with Gasteiger partial charge in [0.25, 0.3) is 5.91 Å². The lowest BCUT2D eigenvalue weighted by atomic mass is 10.1. The molecule has 4 rings (SSSR count). The van der Waals surface area contributed by atoms with Gasteiger partial charge in [0.05, 0.1) is 10.2 Å². The minimum atomic E-state index is -0.336. The number of carbonyl (C=O) groups is 1. The van der Waals surface area contributed by atoms with Crippen LogP contribution in [0.3, 0.4) is 0 Å². The average molecular weight is 390 g/mol. The third-order valence-corrected chi connectivity index (χ3v) is 6.10. The number of thioether (sulfide) groups is 1. The molecule has 1 aromatic heterocycles. The van der Waals surface area contributed by atoms with E-state index in [1.165, 1.54) is 0 Å². The van der Waals surface area contributed by atoms with Gasteiger partial charge in [-0.2, -0.15) is 4.99 Å². The Labute approximate surface area is 164 Å². The van der Waals surface area contributed by atoms with Crippen molar-refractivity contribution in [2.45, 2.75) is 11.3 Å². The van der Waals surface area contributed by atoms with Gasteiger partial charge in [0.15, 0.2) is 10.2 Å². The largest absolute Gasteiger partial charge is 0.287 e. The summed E-state index contributed by atoms with van der Waals surface area (Å²) < 4.78 is 0.920. The van der Waals surface area contributed by atoms with Crippen molar-refractivity contribution in [1.82, 2.24) is 4.98 Å². The lowest BCUT2D eigenvalue weighted by Crippen LogP contribution is -2.30. The van der Waals surface area contributed by atoms with E-state index in [1.54, 1.807) is 29.2 Å². The summed E-state index contributed by atoms with van der Waals surface area (Å²) in [7, 11) is 0. The van der Waals surface area contributed by atoms with E-state index in [0.29, 0.717) is 16.7 Å². The van der Waals surface area contributed by atoms with Crippen molar-refractivity contribution in [3.63, 3.8) is 0 Å². The van der Waals surface area contributed by atoms with Crippen LogP contribution >= 0.6 is 23.1 Å². The summed E-state index contributed by atoms with van der Waals surface area (Å²) in [6.07, 6.45) is 3.77. The molecule has 0 saturated carbocycles. The second kappa shape index (κ2) is 7.45. The molecule has 0 unspecified atom stereocenters. The summed E-state index contributed by atoms with van der Waals surface area (Å²) in [6, 6.07) is 15.8. The molecule has 1 amide bonds. The number of nitrogens with zero attached hydrogens (tertiary/aromatic N) is 3. The fourth-order valence-electron chi connectivity index (χ4n) is 2.71. The number of benzene rings is 2.